The molecule has 0 radical (unpaired) electrons. The second-order valence-corrected chi connectivity index (χ2v) is 2.58. The van der Waals surface area contributed by atoms with E-state index >= 15 is 0 Å². The molecule has 0 bridgehead atoms. The van der Waals surface area contributed by atoms with Crippen molar-refractivity contribution >= 4 is 17.6 Å². The zero-order valence-electron chi connectivity index (χ0n) is 6.97. The van der Waals surface area contributed by atoms with Crippen molar-refractivity contribution in [2.75, 3.05) is 0 Å². The predicted octanol–water partition coefficient (Wildman–Crippen LogP) is -1.34. The summed E-state index contributed by atoms with van der Waals surface area (Å²) >= 11 is 0. The summed E-state index contributed by atoms with van der Waals surface area (Å²) in [6, 6.07) is 1.50. The van der Waals surface area contributed by atoms with Gasteiger partial charge in [-0.2, -0.15) is 4.99 Å². The molecule has 0 atom stereocenters. The molecule has 70 valence electrons. The molecular formula is C7H5N5O2. The zero-order chi connectivity index (χ0) is 9.97. The fraction of sp³-hybridized carbons (Fsp3) is 0.143. The number of carbonyl (C=O) groups is 2. The fourth-order valence-corrected chi connectivity index (χ4v) is 0.994. The number of hydrogen-bond acceptors (Lipinski definition) is 5. The minimum absolute atomic E-state index is 0.126. The predicted molar refractivity (Wildman–Crippen MR) is 44.1 cm³/mol. The van der Waals surface area contributed by atoms with E-state index in [1.54, 1.807) is 0 Å². The van der Waals surface area contributed by atoms with Crippen molar-refractivity contribution < 1.29 is 9.59 Å². The van der Waals surface area contributed by atoms with Crippen LogP contribution in [0.5, 0.6) is 0 Å². The van der Waals surface area contributed by atoms with Crippen molar-refractivity contribution in [1.29, 1.82) is 0 Å². The van der Waals surface area contributed by atoms with Gasteiger partial charge in [0.15, 0.2) is 5.84 Å². The van der Waals surface area contributed by atoms with Gasteiger partial charge in [-0.25, -0.2) is 0 Å². The van der Waals surface area contributed by atoms with E-state index in [1.807, 2.05) is 0 Å². The largest absolute Gasteiger partial charge is 0.308 e. The number of aliphatic imine (C=N–C) groups is 1. The Bertz CT molecular complexity index is 413. The first-order valence-corrected chi connectivity index (χ1v) is 3.82. The molecular weight excluding hydrogens is 186 g/mol. The first-order chi connectivity index (χ1) is 6.75. The quantitative estimate of drug-likeness (QED) is 0.554. The minimum atomic E-state index is -0.484. The van der Waals surface area contributed by atoms with Crippen molar-refractivity contribution in [3.05, 3.63) is 18.0 Å². The zero-order valence-corrected chi connectivity index (χ0v) is 6.97. The highest BCUT2D eigenvalue weighted by atomic mass is 16.2. The Kier molecular flexibility index (Phi) is 1.98. The summed E-state index contributed by atoms with van der Waals surface area (Å²) in [5, 5.41) is 12.9. The SMILES string of the molecule is O=C1CC(=O)NC(c2ccnnn2)=N1. The van der Waals surface area contributed by atoms with Gasteiger partial charge in [0.2, 0.25) is 5.91 Å². The van der Waals surface area contributed by atoms with Crippen molar-refractivity contribution in [3.8, 4) is 0 Å². The van der Waals surface area contributed by atoms with Crippen LogP contribution < -0.4 is 5.32 Å². The molecule has 2 heterocycles. The van der Waals surface area contributed by atoms with Gasteiger partial charge >= 0.3 is 0 Å². The van der Waals surface area contributed by atoms with Gasteiger partial charge in [0.1, 0.15) is 12.1 Å². The molecule has 0 aliphatic carbocycles. The van der Waals surface area contributed by atoms with Crippen LogP contribution in [0.1, 0.15) is 12.1 Å². The van der Waals surface area contributed by atoms with Crippen molar-refractivity contribution in [1.82, 2.24) is 20.7 Å². The molecule has 0 saturated heterocycles. The molecule has 2 rings (SSSR count). The second kappa shape index (κ2) is 3.29. The highest BCUT2D eigenvalue weighted by Crippen LogP contribution is 1.99. The molecule has 1 aliphatic rings. The van der Waals surface area contributed by atoms with Gasteiger partial charge in [-0.3, -0.25) is 9.59 Å². The van der Waals surface area contributed by atoms with Gasteiger partial charge < -0.3 is 5.32 Å². The van der Waals surface area contributed by atoms with Gasteiger partial charge in [-0.05, 0) is 11.3 Å². The van der Waals surface area contributed by atoms with E-state index < -0.39 is 11.8 Å². The Labute approximate surface area is 78.2 Å². The van der Waals surface area contributed by atoms with Crippen LogP contribution in [0.25, 0.3) is 0 Å². The van der Waals surface area contributed by atoms with Crippen LogP contribution in [0, 0.1) is 0 Å². The molecule has 7 nitrogen and oxygen atoms in total. The topological polar surface area (TPSA) is 97.2 Å². The average Bonchev–Trinajstić information content (AvgIpc) is 2.18. The van der Waals surface area contributed by atoms with Gasteiger partial charge in [0, 0.05) is 0 Å². The van der Waals surface area contributed by atoms with Gasteiger partial charge in [-0.1, -0.05) is 0 Å². The third kappa shape index (κ3) is 1.60. The van der Waals surface area contributed by atoms with Crippen LogP contribution in [-0.4, -0.2) is 33.1 Å². The first-order valence-electron chi connectivity index (χ1n) is 3.82. The summed E-state index contributed by atoms with van der Waals surface area (Å²) in [5.41, 5.74) is 0.321. The Hall–Kier alpha value is -2.18. The molecule has 0 saturated carbocycles. The lowest BCUT2D eigenvalue weighted by Gasteiger charge is -2.10. The van der Waals surface area contributed by atoms with Crippen LogP contribution in [0.4, 0.5) is 0 Å². The molecule has 14 heavy (non-hydrogen) atoms. The summed E-state index contributed by atoms with van der Waals surface area (Å²) < 4.78 is 0. The van der Waals surface area contributed by atoms with E-state index in [0.717, 1.165) is 0 Å². The molecule has 1 aromatic heterocycles. The standard InChI is InChI=1S/C7H5N5O2/c13-5-3-6(14)10-7(9-5)4-1-2-8-12-11-4/h1-2H,3H2,(H,9,10,13,14). The maximum Gasteiger partial charge on any atom is 0.257 e. The number of amides is 2. The van der Waals surface area contributed by atoms with Crippen LogP contribution in [0.15, 0.2) is 17.3 Å². The second-order valence-electron chi connectivity index (χ2n) is 2.58. The summed E-state index contributed by atoms with van der Waals surface area (Å²) in [7, 11) is 0. The Morgan fingerprint density at radius 1 is 1.36 bits per heavy atom. The number of aromatic nitrogens is 3. The van der Waals surface area contributed by atoms with Crippen LogP contribution in [0.3, 0.4) is 0 Å². The van der Waals surface area contributed by atoms with E-state index in [9.17, 15) is 9.59 Å². The van der Waals surface area contributed by atoms with Gasteiger partial charge in [0.05, 0.1) is 6.20 Å². The molecule has 0 aromatic carbocycles. The Morgan fingerprint density at radius 2 is 2.21 bits per heavy atom. The molecule has 2 amide bonds. The number of amidine groups is 1. The van der Waals surface area contributed by atoms with Crippen LogP contribution >= 0.6 is 0 Å². The van der Waals surface area contributed by atoms with Crippen molar-refractivity contribution in [2.24, 2.45) is 4.99 Å². The number of carbonyl (C=O) groups excluding carboxylic acids is 2. The molecule has 0 spiro atoms. The maximum absolute atomic E-state index is 11.0. The maximum atomic E-state index is 11.0. The summed E-state index contributed by atoms with van der Waals surface area (Å²) in [6.45, 7) is 0. The smallest absolute Gasteiger partial charge is 0.257 e. The molecule has 1 aliphatic heterocycles. The number of rotatable bonds is 1. The highest BCUT2D eigenvalue weighted by molar-refractivity contribution is 6.18. The number of nitrogens with one attached hydrogen (secondary N) is 1. The van der Waals surface area contributed by atoms with E-state index in [1.165, 1.54) is 12.3 Å². The summed E-state index contributed by atoms with van der Waals surface area (Å²) in [6.07, 6.45) is 1.18. The van der Waals surface area contributed by atoms with E-state index in [-0.39, 0.29) is 12.3 Å². The van der Waals surface area contributed by atoms with Crippen molar-refractivity contribution in [3.63, 3.8) is 0 Å². The average molecular weight is 191 g/mol. The summed E-state index contributed by atoms with van der Waals surface area (Å²) in [4.78, 5) is 25.5. The third-order valence-electron chi connectivity index (χ3n) is 1.55. The molecule has 7 heteroatoms. The molecule has 0 fully saturated rings. The number of nitrogens with zero attached hydrogens (tertiary/aromatic N) is 4. The van der Waals surface area contributed by atoms with Crippen LogP contribution in [0.2, 0.25) is 0 Å². The first kappa shape index (κ1) is 8.42. The molecule has 1 aromatic rings. The van der Waals surface area contributed by atoms with Gasteiger partial charge in [-0.15, -0.1) is 10.2 Å². The molecule has 0 unspecified atom stereocenters. The highest BCUT2D eigenvalue weighted by Gasteiger charge is 2.20. The van der Waals surface area contributed by atoms with E-state index in [4.69, 9.17) is 0 Å². The van der Waals surface area contributed by atoms with E-state index in [2.05, 4.69) is 25.7 Å². The third-order valence-corrected chi connectivity index (χ3v) is 1.55. The van der Waals surface area contributed by atoms with Gasteiger partial charge in [0.25, 0.3) is 5.91 Å². The number of hydrogen-bond donors (Lipinski definition) is 1. The van der Waals surface area contributed by atoms with E-state index in [0.29, 0.717) is 5.69 Å². The normalized spacial score (nSPS) is 16.1. The monoisotopic (exact) mass is 191 g/mol. The minimum Gasteiger partial charge on any atom is -0.308 e. The lowest BCUT2D eigenvalue weighted by molar-refractivity contribution is -0.127. The summed E-state index contributed by atoms with van der Waals surface area (Å²) in [5.74, 6) is -0.748. The van der Waals surface area contributed by atoms with Crippen molar-refractivity contribution in [2.45, 2.75) is 6.42 Å². The lowest BCUT2D eigenvalue weighted by atomic mass is 10.3. The fourth-order valence-electron chi connectivity index (χ4n) is 0.994. The van der Waals surface area contributed by atoms with Crippen LogP contribution in [-0.2, 0) is 9.59 Å². The Morgan fingerprint density at radius 3 is 2.86 bits per heavy atom. The Balaban J connectivity index is 2.35. The lowest BCUT2D eigenvalue weighted by Crippen LogP contribution is -2.37. The molecule has 1 N–H and O–H groups in total.